The van der Waals surface area contributed by atoms with Gasteiger partial charge in [0.2, 0.25) is 0 Å². The Kier molecular flexibility index (Phi) is 4.55. The molecule has 5 heteroatoms. The maximum absolute atomic E-state index is 13.5. The van der Waals surface area contributed by atoms with Crippen LogP contribution in [0.3, 0.4) is 0 Å². The first-order chi connectivity index (χ1) is 8.97. The molecular weight excluding hydrogens is 338 g/mol. The van der Waals surface area contributed by atoms with Crippen molar-refractivity contribution in [3.8, 4) is 0 Å². The highest BCUT2D eigenvalue weighted by molar-refractivity contribution is 9.10. The van der Waals surface area contributed by atoms with Crippen LogP contribution in [0.4, 0.5) is 8.78 Å². The monoisotopic (exact) mass is 346 g/mol. The molecule has 0 aliphatic rings. The third-order valence-corrected chi connectivity index (χ3v) is 3.70. The molecule has 0 aromatic heterocycles. The standard InChI is InChI=1S/C14H10BrClF2O/c15-12-4-2-9(16)6-11(12)14(19)5-8-1-3-10(17)7-13(8)18/h1-4,6-7,14,19H,5H2. The predicted octanol–water partition coefficient (Wildman–Crippen LogP) is 4.66. The molecule has 0 amide bonds. The highest BCUT2D eigenvalue weighted by atomic mass is 79.9. The quantitative estimate of drug-likeness (QED) is 0.856. The minimum absolute atomic E-state index is 0.0467. The third-order valence-electron chi connectivity index (χ3n) is 2.75. The summed E-state index contributed by atoms with van der Waals surface area (Å²) in [5.41, 5.74) is 0.817. The van der Waals surface area contributed by atoms with Crippen LogP contribution in [0, 0.1) is 11.6 Å². The van der Waals surface area contributed by atoms with Gasteiger partial charge in [0.05, 0.1) is 6.10 Å². The molecule has 1 nitrogen and oxygen atoms in total. The van der Waals surface area contributed by atoms with Gasteiger partial charge >= 0.3 is 0 Å². The zero-order valence-corrected chi connectivity index (χ0v) is 12.0. The third kappa shape index (κ3) is 3.53. The number of halogens is 4. The molecule has 2 rings (SSSR count). The SMILES string of the molecule is OC(Cc1ccc(F)cc1F)c1cc(Cl)ccc1Br. The van der Waals surface area contributed by atoms with Crippen LogP contribution in [0.1, 0.15) is 17.2 Å². The van der Waals surface area contributed by atoms with Crippen molar-refractivity contribution >= 4 is 27.5 Å². The van der Waals surface area contributed by atoms with E-state index < -0.39 is 17.7 Å². The zero-order chi connectivity index (χ0) is 14.0. The molecule has 1 atom stereocenters. The Morgan fingerprint density at radius 2 is 1.89 bits per heavy atom. The molecule has 0 aliphatic carbocycles. The Bertz CT molecular complexity index is 604. The van der Waals surface area contributed by atoms with E-state index in [1.54, 1.807) is 18.2 Å². The predicted molar refractivity (Wildman–Crippen MR) is 74.2 cm³/mol. The normalized spacial score (nSPS) is 12.5. The maximum Gasteiger partial charge on any atom is 0.129 e. The van der Waals surface area contributed by atoms with Crippen molar-refractivity contribution in [2.75, 3.05) is 0 Å². The van der Waals surface area contributed by atoms with E-state index in [0.717, 1.165) is 12.1 Å². The highest BCUT2D eigenvalue weighted by Crippen LogP contribution is 2.29. The largest absolute Gasteiger partial charge is 0.388 e. The summed E-state index contributed by atoms with van der Waals surface area (Å²) in [6, 6.07) is 8.29. The Morgan fingerprint density at radius 3 is 2.58 bits per heavy atom. The Labute approximate surface area is 123 Å². The summed E-state index contributed by atoms with van der Waals surface area (Å²) in [4.78, 5) is 0. The van der Waals surface area contributed by atoms with Crippen molar-refractivity contribution < 1.29 is 13.9 Å². The van der Waals surface area contributed by atoms with Crippen LogP contribution >= 0.6 is 27.5 Å². The van der Waals surface area contributed by atoms with Crippen molar-refractivity contribution in [2.24, 2.45) is 0 Å². The van der Waals surface area contributed by atoms with E-state index in [0.29, 0.717) is 15.1 Å². The van der Waals surface area contributed by atoms with Crippen LogP contribution < -0.4 is 0 Å². The minimum atomic E-state index is -0.923. The Balaban J connectivity index is 2.25. The van der Waals surface area contributed by atoms with Gasteiger partial charge in [0, 0.05) is 22.0 Å². The fourth-order valence-corrected chi connectivity index (χ4v) is 2.47. The summed E-state index contributed by atoms with van der Waals surface area (Å²) in [6.07, 6.45) is -0.876. The fourth-order valence-electron chi connectivity index (χ4n) is 1.78. The average Bonchev–Trinajstić information content (AvgIpc) is 2.35. The first kappa shape index (κ1) is 14.4. The van der Waals surface area contributed by atoms with Crippen LogP contribution in [-0.4, -0.2) is 5.11 Å². The van der Waals surface area contributed by atoms with Gasteiger partial charge in [-0.2, -0.15) is 0 Å². The molecule has 0 spiro atoms. The minimum Gasteiger partial charge on any atom is -0.388 e. The lowest BCUT2D eigenvalue weighted by Crippen LogP contribution is -2.04. The summed E-state index contributed by atoms with van der Waals surface area (Å²) < 4.78 is 27.0. The molecule has 0 fully saturated rings. The van der Waals surface area contributed by atoms with E-state index in [4.69, 9.17) is 11.6 Å². The van der Waals surface area contributed by atoms with E-state index in [1.807, 2.05) is 0 Å². The fraction of sp³-hybridized carbons (Fsp3) is 0.143. The molecule has 0 aliphatic heterocycles. The van der Waals surface area contributed by atoms with E-state index in [-0.39, 0.29) is 12.0 Å². The summed E-state index contributed by atoms with van der Waals surface area (Å²) >= 11 is 9.16. The van der Waals surface area contributed by atoms with Gasteiger partial charge in [0.15, 0.2) is 0 Å². The number of aliphatic hydroxyl groups excluding tert-OH is 1. The molecular formula is C14H10BrClF2O. The first-order valence-electron chi connectivity index (χ1n) is 5.54. The van der Waals surface area contributed by atoms with Crippen LogP contribution in [0.5, 0.6) is 0 Å². The van der Waals surface area contributed by atoms with Gasteiger partial charge in [-0.3, -0.25) is 0 Å². The number of rotatable bonds is 3. The van der Waals surface area contributed by atoms with Crippen molar-refractivity contribution in [2.45, 2.75) is 12.5 Å². The van der Waals surface area contributed by atoms with Crippen LogP contribution in [0.15, 0.2) is 40.9 Å². The number of aliphatic hydroxyl groups is 1. The molecule has 2 aromatic rings. The van der Waals surface area contributed by atoms with Gasteiger partial charge in [0.25, 0.3) is 0 Å². The summed E-state index contributed by atoms with van der Waals surface area (Å²) in [5.74, 6) is -1.31. The Morgan fingerprint density at radius 1 is 1.16 bits per heavy atom. The first-order valence-corrected chi connectivity index (χ1v) is 6.71. The number of hydrogen-bond acceptors (Lipinski definition) is 1. The average molecular weight is 348 g/mol. The van der Waals surface area contributed by atoms with Gasteiger partial charge in [0.1, 0.15) is 11.6 Å². The van der Waals surface area contributed by atoms with Gasteiger partial charge in [-0.25, -0.2) is 8.78 Å². The molecule has 1 unspecified atom stereocenters. The highest BCUT2D eigenvalue weighted by Gasteiger charge is 2.15. The molecule has 0 heterocycles. The topological polar surface area (TPSA) is 20.2 Å². The van der Waals surface area contributed by atoms with Crippen LogP contribution in [0.2, 0.25) is 5.02 Å². The zero-order valence-electron chi connectivity index (χ0n) is 9.71. The maximum atomic E-state index is 13.5. The van der Waals surface area contributed by atoms with E-state index in [2.05, 4.69) is 15.9 Å². The summed E-state index contributed by atoms with van der Waals surface area (Å²) in [5, 5.41) is 10.6. The van der Waals surface area contributed by atoms with E-state index >= 15 is 0 Å². The summed E-state index contributed by atoms with van der Waals surface area (Å²) in [6.45, 7) is 0. The van der Waals surface area contributed by atoms with Crippen molar-refractivity contribution in [1.82, 2.24) is 0 Å². The second kappa shape index (κ2) is 5.99. The van der Waals surface area contributed by atoms with Crippen molar-refractivity contribution in [3.63, 3.8) is 0 Å². The van der Waals surface area contributed by atoms with Crippen molar-refractivity contribution in [3.05, 3.63) is 68.7 Å². The molecule has 1 N–H and O–H groups in total. The lowest BCUT2D eigenvalue weighted by Gasteiger charge is -2.14. The van der Waals surface area contributed by atoms with Crippen LogP contribution in [0.25, 0.3) is 0 Å². The Hall–Kier alpha value is -0.970. The van der Waals surface area contributed by atoms with Crippen molar-refractivity contribution in [1.29, 1.82) is 0 Å². The molecule has 0 saturated carbocycles. The van der Waals surface area contributed by atoms with E-state index in [1.165, 1.54) is 6.07 Å². The molecule has 2 aromatic carbocycles. The molecule has 0 saturated heterocycles. The number of hydrogen-bond donors (Lipinski definition) is 1. The second-order valence-corrected chi connectivity index (χ2v) is 5.41. The molecule has 0 bridgehead atoms. The summed E-state index contributed by atoms with van der Waals surface area (Å²) in [7, 11) is 0. The van der Waals surface area contributed by atoms with Gasteiger partial charge in [-0.15, -0.1) is 0 Å². The lowest BCUT2D eigenvalue weighted by molar-refractivity contribution is 0.176. The van der Waals surface area contributed by atoms with Gasteiger partial charge in [-0.1, -0.05) is 33.6 Å². The molecule has 100 valence electrons. The molecule has 19 heavy (non-hydrogen) atoms. The van der Waals surface area contributed by atoms with E-state index in [9.17, 15) is 13.9 Å². The number of benzene rings is 2. The lowest BCUT2D eigenvalue weighted by atomic mass is 10.0. The smallest absolute Gasteiger partial charge is 0.129 e. The van der Waals surface area contributed by atoms with Gasteiger partial charge < -0.3 is 5.11 Å². The van der Waals surface area contributed by atoms with Gasteiger partial charge in [-0.05, 0) is 35.4 Å². The second-order valence-electron chi connectivity index (χ2n) is 4.12. The van der Waals surface area contributed by atoms with Crippen LogP contribution in [-0.2, 0) is 6.42 Å². The molecule has 0 radical (unpaired) electrons.